The van der Waals surface area contributed by atoms with E-state index in [4.69, 9.17) is 0 Å². The standard InChI is InChI=1S/C20H25N5O/c1-17(19-7-9-21-10-8-19)22-23-20(26)16-25-13-11-24(12-14-25)15-18-5-3-2-4-6-18/h2-10H,11-16H2,1H3,(H,23,26)/b22-17-. The van der Waals surface area contributed by atoms with Crippen LogP contribution in [0.1, 0.15) is 18.1 Å². The molecule has 1 N–H and O–H groups in total. The molecule has 2 aromatic rings. The van der Waals surface area contributed by atoms with Crippen LogP contribution in [0.25, 0.3) is 0 Å². The van der Waals surface area contributed by atoms with Gasteiger partial charge in [-0.05, 0) is 24.6 Å². The molecule has 1 aromatic carbocycles. The highest BCUT2D eigenvalue weighted by Gasteiger charge is 2.18. The molecular weight excluding hydrogens is 326 g/mol. The minimum atomic E-state index is -0.0742. The minimum Gasteiger partial charge on any atom is -0.297 e. The number of piperazine rings is 1. The van der Waals surface area contributed by atoms with Crippen LogP contribution in [0.5, 0.6) is 0 Å². The molecule has 0 spiro atoms. The van der Waals surface area contributed by atoms with E-state index in [1.807, 2.05) is 25.1 Å². The average molecular weight is 351 g/mol. The van der Waals surface area contributed by atoms with Crippen molar-refractivity contribution >= 4 is 11.6 Å². The summed E-state index contributed by atoms with van der Waals surface area (Å²) in [6.07, 6.45) is 3.43. The first-order chi connectivity index (χ1) is 12.7. The smallest absolute Gasteiger partial charge is 0.254 e. The third-order valence-electron chi connectivity index (χ3n) is 4.53. The number of amides is 1. The molecule has 1 aromatic heterocycles. The lowest BCUT2D eigenvalue weighted by Gasteiger charge is -2.34. The van der Waals surface area contributed by atoms with Gasteiger partial charge in [-0.1, -0.05) is 30.3 Å². The normalized spacial score (nSPS) is 16.4. The number of nitrogens with zero attached hydrogens (tertiary/aromatic N) is 4. The van der Waals surface area contributed by atoms with E-state index in [2.05, 4.69) is 49.6 Å². The quantitative estimate of drug-likeness (QED) is 0.636. The number of rotatable bonds is 6. The van der Waals surface area contributed by atoms with Gasteiger partial charge in [0.2, 0.25) is 0 Å². The molecule has 6 nitrogen and oxygen atoms in total. The number of carbonyl (C=O) groups excluding carboxylic acids is 1. The van der Waals surface area contributed by atoms with E-state index in [1.165, 1.54) is 5.56 Å². The Morgan fingerprint density at radius 3 is 2.38 bits per heavy atom. The molecule has 6 heteroatoms. The largest absolute Gasteiger partial charge is 0.297 e. The van der Waals surface area contributed by atoms with Crippen LogP contribution < -0.4 is 5.43 Å². The summed E-state index contributed by atoms with van der Waals surface area (Å²) in [5.41, 5.74) is 5.71. The minimum absolute atomic E-state index is 0.0742. The molecule has 3 rings (SSSR count). The van der Waals surface area contributed by atoms with Crippen LogP contribution in [0.3, 0.4) is 0 Å². The Morgan fingerprint density at radius 1 is 1.04 bits per heavy atom. The zero-order chi connectivity index (χ0) is 18.2. The van der Waals surface area contributed by atoms with E-state index in [0.717, 1.165) is 44.0 Å². The van der Waals surface area contributed by atoms with Crippen LogP contribution in [0.2, 0.25) is 0 Å². The summed E-state index contributed by atoms with van der Waals surface area (Å²) in [6, 6.07) is 14.2. The SMILES string of the molecule is C/C(=N/NC(=O)CN1CCN(Cc2ccccc2)CC1)c1ccncc1. The Bertz CT molecular complexity index is 724. The Hall–Kier alpha value is -2.57. The van der Waals surface area contributed by atoms with E-state index in [0.29, 0.717) is 6.54 Å². The summed E-state index contributed by atoms with van der Waals surface area (Å²) < 4.78 is 0. The van der Waals surface area contributed by atoms with Gasteiger partial charge in [0.15, 0.2) is 0 Å². The maximum Gasteiger partial charge on any atom is 0.254 e. The van der Waals surface area contributed by atoms with E-state index in [1.54, 1.807) is 12.4 Å². The molecular formula is C20H25N5O. The Balaban J connectivity index is 1.41. The van der Waals surface area contributed by atoms with Crippen LogP contribution in [0.15, 0.2) is 60.0 Å². The average Bonchev–Trinajstić information content (AvgIpc) is 2.69. The molecule has 1 amide bonds. The van der Waals surface area contributed by atoms with Gasteiger partial charge in [-0.15, -0.1) is 0 Å². The molecule has 136 valence electrons. The van der Waals surface area contributed by atoms with Gasteiger partial charge >= 0.3 is 0 Å². The monoisotopic (exact) mass is 351 g/mol. The van der Waals surface area contributed by atoms with E-state index >= 15 is 0 Å². The van der Waals surface area contributed by atoms with Gasteiger partial charge < -0.3 is 0 Å². The number of carbonyl (C=O) groups is 1. The highest BCUT2D eigenvalue weighted by Crippen LogP contribution is 2.08. The summed E-state index contributed by atoms with van der Waals surface area (Å²) in [5.74, 6) is -0.0742. The van der Waals surface area contributed by atoms with Crippen molar-refractivity contribution < 1.29 is 4.79 Å². The van der Waals surface area contributed by atoms with Crippen molar-refractivity contribution in [2.24, 2.45) is 5.10 Å². The first-order valence-corrected chi connectivity index (χ1v) is 8.93. The van der Waals surface area contributed by atoms with Crippen molar-refractivity contribution in [3.63, 3.8) is 0 Å². The summed E-state index contributed by atoms with van der Waals surface area (Å²) in [5, 5.41) is 4.18. The van der Waals surface area contributed by atoms with Crippen molar-refractivity contribution in [2.75, 3.05) is 32.7 Å². The maximum absolute atomic E-state index is 12.1. The Morgan fingerprint density at radius 2 is 1.69 bits per heavy atom. The van der Waals surface area contributed by atoms with Crippen LogP contribution in [0, 0.1) is 0 Å². The molecule has 1 saturated heterocycles. The fourth-order valence-corrected chi connectivity index (χ4v) is 2.99. The first-order valence-electron chi connectivity index (χ1n) is 8.93. The molecule has 26 heavy (non-hydrogen) atoms. The molecule has 0 bridgehead atoms. The number of benzene rings is 1. The number of aromatic nitrogens is 1. The van der Waals surface area contributed by atoms with E-state index in [9.17, 15) is 4.79 Å². The molecule has 1 aliphatic heterocycles. The summed E-state index contributed by atoms with van der Waals surface area (Å²) in [7, 11) is 0. The van der Waals surface area contributed by atoms with Gasteiger partial charge in [-0.25, -0.2) is 5.43 Å². The predicted molar refractivity (Wildman–Crippen MR) is 103 cm³/mol. The highest BCUT2D eigenvalue weighted by atomic mass is 16.2. The second kappa shape index (κ2) is 9.22. The fourth-order valence-electron chi connectivity index (χ4n) is 2.99. The number of hydrazone groups is 1. The van der Waals surface area contributed by atoms with Crippen LogP contribution >= 0.6 is 0 Å². The molecule has 1 fully saturated rings. The molecule has 1 aliphatic rings. The molecule has 0 atom stereocenters. The van der Waals surface area contributed by atoms with Gasteiger partial charge in [0, 0.05) is 50.7 Å². The molecule has 0 aliphatic carbocycles. The molecule has 0 unspecified atom stereocenters. The predicted octanol–water partition coefficient (Wildman–Crippen LogP) is 1.74. The fraction of sp³-hybridized carbons (Fsp3) is 0.350. The van der Waals surface area contributed by atoms with Gasteiger partial charge in [-0.2, -0.15) is 5.10 Å². The lowest BCUT2D eigenvalue weighted by molar-refractivity contribution is -0.122. The van der Waals surface area contributed by atoms with Crippen molar-refractivity contribution in [1.82, 2.24) is 20.2 Å². The number of hydrogen-bond acceptors (Lipinski definition) is 5. The van der Waals surface area contributed by atoms with E-state index in [-0.39, 0.29) is 5.91 Å². The van der Waals surface area contributed by atoms with Gasteiger partial charge in [0.25, 0.3) is 5.91 Å². The lowest BCUT2D eigenvalue weighted by Crippen LogP contribution is -2.48. The number of pyridine rings is 1. The van der Waals surface area contributed by atoms with Crippen molar-refractivity contribution in [1.29, 1.82) is 0 Å². The second-order valence-electron chi connectivity index (χ2n) is 6.51. The Labute approximate surface area is 154 Å². The maximum atomic E-state index is 12.1. The third kappa shape index (κ3) is 5.47. The van der Waals surface area contributed by atoms with E-state index < -0.39 is 0 Å². The zero-order valence-corrected chi connectivity index (χ0v) is 15.1. The Kier molecular flexibility index (Phi) is 6.46. The number of hydrogen-bond donors (Lipinski definition) is 1. The van der Waals surface area contributed by atoms with Gasteiger partial charge in [0.1, 0.15) is 0 Å². The van der Waals surface area contributed by atoms with Crippen molar-refractivity contribution in [3.8, 4) is 0 Å². The van der Waals surface area contributed by atoms with Crippen LogP contribution in [0.4, 0.5) is 0 Å². The van der Waals surface area contributed by atoms with Crippen LogP contribution in [-0.4, -0.2) is 59.1 Å². The van der Waals surface area contributed by atoms with Crippen molar-refractivity contribution in [2.45, 2.75) is 13.5 Å². The summed E-state index contributed by atoms with van der Waals surface area (Å²) in [4.78, 5) is 20.7. The third-order valence-corrected chi connectivity index (χ3v) is 4.53. The molecule has 2 heterocycles. The van der Waals surface area contributed by atoms with Crippen molar-refractivity contribution in [3.05, 3.63) is 66.0 Å². The molecule has 0 saturated carbocycles. The summed E-state index contributed by atoms with van der Waals surface area (Å²) in [6.45, 7) is 6.96. The highest BCUT2D eigenvalue weighted by molar-refractivity contribution is 5.99. The zero-order valence-electron chi connectivity index (χ0n) is 15.1. The molecule has 0 radical (unpaired) electrons. The first kappa shape index (κ1) is 18.2. The van der Waals surface area contributed by atoms with Crippen LogP contribution in [-0.2, 0) is 11.3 Å². The van der Waals surface area contributed by atoms with Gasteiger partial charge in [0.05, 0.1) is 12.3 Å². The summed E-state index contributed by atoms with van der Waals surface area (Å²) >= 11 is 0. The topological polar surface area (TPSA) is 60.8 Å². The van der Waals surface area contributed by atoms with Gasteiger partial charge in [-0.3, -0.25) is 19.6 Å². The number of nitrogens with one attached hydrogen (secondary N) is 1. The lowest BCUT2D eigenvalue weighted by atomic mass is 10.2. The second-order valence-corrected chi connectivity index (χ2v) is 6.51.